The van der Waals surface area contributed by atoms with Crippen LogP contribution in [0.3, 0.4) is 0 Å². The van der Waals surface area contributed by atoms with Crippen molar-refractivity contribution in [3.63, 3.8) is 0 Å². The Bertz CT molecular complexity index is 1060. The number of ketones is 1. The zero-order chi connectivity index (χ0) is 26.3. The second-order valence-electron chi connectivity index (χ2n) is 9.51. The first-order valence-electron chi connectivity index (χ1n) is 12.3. The van der Waals surface area contributed by atoms with Crippen LogP contribution < -0.4 is 5.73 Å². The number of Topliss-reactive ketones (excluding diaryl/α,β-unsaturated/α-hetero) is 1. The van der Waals surface area contributed by atoms with E-state index in [1.165, 1.54) is 0 Å². The monoisotopic (exact) mass is 514 g/mol. The van der Waals surface area contributed by atoms with Crippen LogP contribution in [0.2, 0.25) is 0 Å². The van der Waals surface area contributed by atoms with E-state index in [1.54, 1.807) is 4.90 Å². The van der Waals surface area contributed by atoms with E-state index in [2.05, 4.69) is 0 Å². The van der Waals surface area contributed by atoms with Crippen molar-refractivity contribution in [1.82, 2.24) is 4.90 Å². The third kappa shape index (κ3) is 5.77. The minimum absolute atomic E-state index is 0.153. The maximum absolute atomic E-state index is 15.0. The largest absolute Gasteiger partial charge is 0.481 e. The second kappa shape index (κ2) is 12.0. The molecule has 1 unspecified atom stereocenters. The van der Waals surface area contributed by atoms with Gasteiger partial charge in [0.25, 0.3) is 0 Å². The fourth-order valence-electron chi connectivity index (χ4n) is 5.47. The molecule has 0 amide bonds. The third-order valence-corrected chi connectivity index (χ3v) is 10.6. The van der Waals surface area contributed by atoms with E-state index in [4.69, 9.17) is 10.8 Å². The summed E-state index contributed by atoms with van der Waals surface area (Å²) in [5, 5.41) is 19.8. The smallest absolute Gasteiger partial charge is 0.332 e. The first kappa shape index (κ1) is 27.8. The van der Waals surface area contributed by atoms with E-state index in [1.807, 2.05) is 67.6 Å². The lowest BCUT2D eigenvalue weighted by atomic mass is 9.84. The van der Waals surface area contributed by atoms with E-state index < -0.39 is 42.1 Å². The molecule has 0 bridgehead atoms. The number of carboxylic acid groups (broad SMARTS) is 2. The molecule has 194 valence electrons. The number of carboxylic acids is 2. The molecule has 36 heavy (non-hydrogen) atoms. The number of nitrogens with zero attached hydrogens (tertiary/aromatic N) is 1. The van der Waals surface area contributed by atoms with E-state index in [0.29, 0.717) is 19.5 Å². The summed E-state index contributed by atoms with van der Waals surface area (Å²) in [6, 6.07) is 17.2. The van der Waals surface area contributed by atoms with Crippen molar-refractivity contribution in [1.29, 1.82) is 0 Å². The van der Waals surface area contributed by atoms with Gasteiger partial charge in [-0.15, -0.1) is 0 Å². The van der Waals surface area contributed by atoms with Crippen molar-refractivity contribution in [2.45, 2.75) is 62.2 Å². The zero-order valence-electron chi connectivity index (χ0n) is 20.6. The van der Waals surface area contributed by atoms with Gasteiger partial charge in [-0.3, -0.25) is 14.5 Å². The number of hydrogen-bond donors (Lipinski definition) is 3. The minimum atomic E-state index is -3.39. The molecule has 4 N–H and O–H groups in total. The van der Waals surface area contributed by atoms with Crippen molar-refractivity contribution < 1.29 is 29.2 Å². The standard InChI is InChI=1S/C27H35N2O6P/c1-2-16-29-17-15-23(27(29,26(33)34)25(32)22(28)13-14-24(30)31)36(35,18-20-9-5-3-6-10-20)19-21-11-7-4-8-12-21/h3-12,22-23H,2,13-19,28H2,1H3,(H,30,31)(H,33,34)/t22-,23?,27+/m0/s1. The molecule has 0 radical (unpaired) electrons. The molecule has 0 saturated carbocycles. The summed E-state index contributed by atoms with van der Waals surface area (Å²) in [7, 11) is -3.39. The van der Waals surface area contributed by atoms with Gasteiger partial charge in [-0.1, -0.05) is 67.6 Å². The number of hydrogen-bond acceptors (Lipinski definition) is 6. The molecule has 1 aliphatic rings. The lowest BCUT2D eigenvalue weighted by Gasteiger charge is -2.41. The summed E-state index contributed by atoms with van der Waals surface area (Å²) >= 11 is 0. The number of benzene rings is 2. The Morgan fingerprint density at radius 1 is 1.03 bits per heavy atom. The lowest BCUT2D eigenvalue weighted by Crippen LogP contribution is -2.66. The molecule has 9 heteroatoms. The third-order valence-electron chi connectivity index (χ3n) is 7.01. The molecule has 1 aliphatic heterocycles. The van der Waals surface area contributed by atoms with Gasteiger partial charge in [0, 0.05) is 25.3 Å². The molecule has 8 nitrogen and oxygen atoms in total. The molecular weight excluding hydrogens is 479 g/mol. The van der Waals surface area contributed by atoms with E-state index in [9.17, 15) is 19.5 Å². The molecule has 2 aromatic rings. The Morgan fingerprint density at radius 2 is 1.56 bits per heavy atom. The van der Waals surface area contributed by atoms with Gasteiger partial charge in [-0.2, -0.15) is 0 Å². The van der Waals surface area contributed by atoms with Gasteiger partial charge in [0.2, 0.25) is 0 Å². The average molecular weight is 515 g/mol. The van der Waals surface area contributed by atoms with Gasteiger partial charge in [-0.25, -0.2) is 4.79 Å². The van der Waals surface area contributed by atoms with Gasteiger partial charge >= 0.3 is 11.9 Å². The highest BCUT2D eigenvalue weighted by Gasteiger charge is 2.65. The summed E-state index contributed by atoms with van der Waals surface area (Å²) in [5.74, 6) is -3.24. The van der Waals surface area contributed by atoms with Crippen LogP contribution in [0.15, 0.2) is 60.7 Å². The van der Waals surface area contributed by atoms with Gasteiger partial charge in [0.05, 0.1) is 11.7 Å². The van der Waals surface area contributed by atoms with E-state index in [0.717, 1.165) is 11.1 Å². The Balaban J connectivity index is 2.14. The highest BCUT2D eigenvalue weighted by Crippen LogP contribution is 2.63. The molecule has 0 aromatic heterocycles. The Morgan fingerprint density at radius 3 is 2.00 bits per heavy atom. The number of rotatable bonds is 13. The predicted molar refractivity (Wildman–Crippen MR) is 138 cm³/mol. The van der Waals surface area contributed by atoms with Crippen LogP contribution in [-0.2, 0) is 31.3 Å². The maximum atomic E-state index is 15.0. The van der Waals surface area contributed by atoms with E-state index >= 15 is 4.57 Å². The van der Waals surface area contributed by atoms with Crippen LogP contribution >= 0.6 is 7.14 Å². The summed E-state index contributed by atoms with van der Waals surface area (Å²) in [4.78, 5) is 39.7. The second-order valence-corrected chi connectivity index (χ2v) is 12.7. The highest BCUT2D eigenvalue weighted by molar-refractivity contribution is 7.63. The number of nitrogens with two attached hydrogens (primary N) is 1. The fourth-order valence-corrected chi connectivity index (χ4v) is 9.34. The summed E-state index contributed by atoms with van der Waals surface area (Å²) in [6.45, 7) is 2.52. The first-order valence-corrected chi connectivity index (χ1v) is 14.5. The van der Waals surface area contributed by atoms with Crippen LogP contribution in [0.25, 0.3) is 0 Å². The Hall–Kier alpha value is -2.80. The molecule has 3 rings (SSSR count). The summed E-state index contributed by atoms with van der Waals surface area (Å²) < 4.78 is 15.0. The fraction of sp³-hybridized carbons (Fsp3) is 0.444. The molecular formula is C27H35N2O6P. The van der Waals surface area contributed by atoms with Crippen molar-refractivity contribution in [3.05, 3.63) is 71.8 Å². The molecule has 1 heterocycles. The summed E-state index contributed by atoms with van der Waals surface area (Å²) in [6.07, 6.45) is 0.645. The molecule has 2 aromatic carbocycles. The molecule has 1 fully saturated rings. The number of aliphatic carboxylic acids is 2. The van der Waals surface area contributed by atoms with Gasteiger partial charge in [0.1, 0.15) is 7.14 Å². The number of carbonyl (C=O) groups excluding carboxylic acids is 1. The topological polar surface area (TPSA) is 138 Å². The van der Waals surface area contributed by atoms with Gasteiger partial charge in [0.15, 0.2) is 11.3 Å². The predicted octanol–water partition coefficient (Wildman–Crippen LogP) is 3.82. The van der Waals surface area contributed by atoms with Crippen molar-refractivity contribution in [3.8, 4) is 0 Å². The quantitative estimate of drug-likeness (QED) is 0.271. The molecule has 1 saturated heterocycles. The van der Waals surface area contributed by atoms with Gasteiger partial charge < -0.3 is 20.5 Å². The number of carbonyl (C=O) groups is 3. The maximum Gasteiger partial charge on any atom is 0.332 e. The van der Waals surface area contributed by atoms with Gasteiger partial charge in [-0.05, 0) is 36.9 Å². The Kier molecular flexibility index (Phi) is 9.23. The Labute approximate surface area is 211 Å². The van der Waals surface area contributed by atoms with Crippen molar-refractivity contribution >= 4 is 24.9 Å². The normalized spacial score (nSPS) is 21.2. The van der Waals surface area contributed by atoms with Crippen LogP contribution in [0.4, 0.5) is 0 Å². The van der Waals surface area contributed by atoms with E-state index in [-0.39, 0.29) is 31.6 Å². The average Bonchev–Trinajstić information content (AvgIpc) is 3.24. The lowest BCUT2D eigenvalue weighted by molar-refractivity contribution is -0.156. The molecule has 3 atom stereocenters. The van der Waals surface area contributed by atoms with Crippen LogP contribution in [-0.4, -0.2) is 63.2 Å². The first-order chi connectivity index (χ1) is 17.1. The van der Waals surface area contributed by atoms with Crippen LogP contribution in [0.1, 0.15) is 43.7 Å². The minimum Gasteiger partial charge on any atom is -0.481 e. The highest BCUT2D eigenvalue weighted by atomic mass is 31.2. The zero-order valence-corrected chi connectivity index (χ0v) is 21.5. The van der Waals surface area contributed by atoms with Crippen molar-refractivity contribution in [2.24, 2.45) is 5.73 Å². The van der Waals surface area contributed by atoms with Crippen LogP contribution in [0.5, 0.6) is 0 Å². The SMILES string of the molecule is CCCN1CCC(P(=O)(Cc2ccccc2)Cc2ccccc2)[C@]1(C(=O)O)C(=O)[C@@H](N)CCC(=O)O. The molecule has 0 aliphatic carbocycles. The molecule has 0 spiro atoms. The summed E-state index contributed by atoms with van der Waals surface area (Å²) in [5.41, 5.74) is 4.73. The number of likely N-dealkylation sites (tertiary alicyclic amines) is 1. The van der Waals surface area contributed by atoms with Crippen LogP contribution in [0, 0.1) is 0 Å². The van der Waals surface area contributed by atoms with Crippen molar-refractivity contribution in [2.75, 3.05) is 13.1 Å².